The van der Waals surface area contributed by atoms with E-state index in [9.17, 15) is 4.79 Å². The molecule has 29 heavy (non-hydrogen) atoms. The zero-order valence-corrected chi connectivity index (χ0v) is 19.4. The minimum absolute atomic E-state index is 0.0238. The summed E-state index contributed by atoms with van der Waals surface area (Å²) in [6.45, 7) is 18.3. The van der Waals surface area contributed by atoms with Crippen molar-refractivity contribution in [1.29, 1.82) is 0 Å². The van der Waals surface area contributed by atoms with Gasteiger partial charge in [0.15, 0.2) is 5.96 Å². The van der Waals surface area contributed by atoms with Gasteiger partial charge in [-0.25, -0.2) is 4.99 Å². The monoisotopic (exact) mass is 403 g/mol. The fourth-order valence-corrected chi connectivity index (χ4v) is 3.10. The molecule has 1 atom stereocenters. The molecule has 1 aromatic carbocycles. The molecule has 0 radical (unpaired) electrons. The minimum atomic E-state index is -0.0238. The van der Waals surface area contributed by atoms with Crippen molar-refractivity contribution < 1.29 is 4.79 Å². The number of aliphatic imine (C=N–C) groups is 1. The summed E-state index contributed by atoms with van der Waals surface area (Å²) in [7, 11) is 0. The molecule has 0 bridgehead atoms. The first-order valence-corrected chi connectivity index (χ1v) is 11.0. The summed E-state index contributed by atoms with van der Waals surface area (Å²) >= 11 is 0. The smallest absolute Gasteiger partial charge is 0.251 e. The highest BCUT2D eigenvalue weighted by molar-refractivity contribution is 5.94. The molecule has 164 valence electrons. The van der Waals surface area contributed by atoms with Gasteiger partial charge < -0.3 is 16.0 Å². The number of carbonyl (C=O) groups is 1. The lowest BCUT2D eigenvalue weighted by molar-refractivity contribution is 0.0939. The van der Waals surface area contributed by atoms with Crippen LogP contribution in [-0.4, -0.2) is 54.5 Å². The van der Waals surface area contributed by atoms with Crippen molar-refractivity contribution in [2.24, 2.45) is 4.99 Å². The molecule has 3 N–H and O–H groups in total. The Labute approximate surface area is 177 Å². The van der Waals surface area contributed by atoms with Gasteiger partial charge in [-0.15, -0.1) is 0 Å². The van der Waals surface area contributed by atoms with Gasteiger partial charge in [0.05, 0.1) is 6.54 Å². The summed E-state index contributed by atoms with van der Waals surface area (Å²) in [5.74, 6) is 0.794. The van der Waals surface area contributed by atoms with Crippen LogP contribution in [0.4, 0.5) is 0 Å². The second-order valence-electron chi connectivity index (χ2n) is 8.03. The average Bonchev–Trinajstić information content (AvgIpc) is 2.68. The predicted octanol–water partition coefficient (Wildman–Crippen LogP) is 3.39. The van der Waals surface area contributed by atoms with Gasteiger partial charge in [-0.1, -0.05) is 19.1 Å². The standard InChI is InChI=1S/C23H41N5O/c1-8-19(7)27-22(29)21-12-10-20(11-13-21)16-26-23(24-9-2)25-14-15-28(17(3)4)18(5)6/h10-13,17-19H,8-9,14-16H2,1-7H3,(H,27,29)(H2,24,25,26). The molecule has 0 heterocycles. The van der Waals surface area contributed by atoms with Gasteiger partial charge in [0.2, 0.25) is 0 Å². The molecule has 1 unspecified atom stereocenters. The molecule has 0 saturated carbocycles. The van der Waals surface area contributed by atoms with E-state index in [1.54, 1.807) is 0 Å². The molecule has 1 aromatic rings. The van der Waals surface area contributed by atoms with E-state index in [2.05, 4.69) is 67.4 Å². The molecule has 0 aliphatic rings. The fraction of sp³-hybridized carbons (Fsp3) is 0.652. The van der Waals surface area contributed by atoms with E-state index in [-0.39, 0.29) is 11.9 Å². The Hall–Kier alpha value is -2.08. The third-order valence-corrected chi connectivity index (χ3v) is 4.96. The molecular weight excluding hydrogens is 362 g/mol. The van der Waals surface area contributed by atoms with Gasteiger partial charge in [-0.05, 0) is 65.7 Å². The summed E-state index contributed by atoms with van der Waals surface area (Å²) in [5, 5.41) is 9.71. The largest absolute Gasteiger partial charge is 0.357 e. The Balaban J connectivity index is 2.63. The van der Waals surface area contributed by atoms with E-state index >= 15 is 0 Å². The molecule has 0 aromatic heterocycles. The number of carbonyl (C=O) groups excluding carboxylic acids is 1. The first kappa shape index (κ1) is 25.0. The van der Waals surface area contributed by atoms with Gasteiger partial charge in [0, 0.05) is 43.3 Å². The highest BCUT2D eigenvalue weighted by Gasteiger charge is 2.12. The highest BCUT2D eigenvalue weighted by atomic mass is 16.1. The summed E-state index contributed by atoms with van der Waals surface area (Å²) in [4.78, 5) is 19.3. The highest BCUT2D eigenvalue weighted by Crippen LogP contribution is 2.07. The Bertz CT molecular complexity index is 617. The van der Waals surface area contributed by atoms with Gasteiger partial charge in [0.1, 0.15) is 0 Å². The second-order valence-corrected chi connectivity index (χ2v) is 8.03. The number of nitrogens with zero attached hydrogens (tertiary/aromatic N) is 2. The number of hydrogen-bond acceptors (Lipinski definition) is 3. The quantitative estimate of drug-likeness (QED) is 0.391. The van der Waals surface area contributed by atoms with Crippen molar-refractivity contribution in [1.82, 2.24) is 20.9 Å². The zero-order chi connectivity index (χ0) is 21.8. The number of rotatable bonds is 11. The first-order chi connectivity index (χ1) is 13.8. The van der Waals surface area contributed by atoms with Gasteiger partial charge >= 0.3 is 0 Å². The van der Waals surface area contributed by atoms with Crippen molar-refractivity contribution >= 4 is 11.9 Å². The fourth-order valence-electron chi connectivity index (χ4n) is 3.10. The van der Waals surface area contributed by atoms with Crippen LogP contribution in [0.3, 0.4) is 0 Å². The predicted molar refractivity (Wildman–Crippen MR) is 123 cm³/mol. The summed E-state index contributed by atoms with van der Waals surface area (Å²) in [6, 6.07) is 8.90. The SMILES string of the molecule is CCNC(=NCc1ccc(C(=O)NC(C)CC)cc1)NCCN(C(C)C)C(C)C. The van der Waals surface area contributed by atoms with Crippen LogP contribution in [0.2, 0.25) is 0 Å². The molecule has 0 spiro atoms. The van der Waals surface area contributed by atoms with E-state index in [1.807, 2.05) is 31.2 Å². The van der Waals surface area contributed by atoms with Crippen molar-refractivity contribution in [2.45, 2.75) is 79.6 Å². The number of hydrogen-bond donors (Lipinski definition) is 3. The Kier molecular flexibility index (Phi) is 11.4. The second kappa shape index (κ2) is 13.2. The van der Waals surface area contributed by atoms with E-state index in [0.29, 0.717) is 24.2 Å². The molecule has 0 fully saturated rings. The van der Waals surface area contributed by atoms with Crippen molar-refractivity contribution in [3.05, 3.63) is 35.4 Å². The first-order valence-electron chi connectivity index (χ1n) is 11.0. The van der Waals surface area contributed by atoms with Crippen LogP contribution in [0.1, 0.15) is 70.8 Å². The van der Waals surface area contributed by atoms with Crippen LogP contribution < -0.4 is 16.0 Å². The maximum atomic E-state index is 12.2. The van der Waals surface area contributed by atoms with Crippen LogP contribution in [0.25, 0.3) is 0 Å². The summed E-state index contributed by atoms with van der Waals surface area (Å²) in [5.41, 5.74) is 1.76. The lowest BCUT2D eigenvalue weighted by Crippen LogP contribution is -2.45. The molecular formula is C23H41N5O. The third-order valence-electron chi connectivity index (χ3n) is 4.96. The maximum Gasteiger partial charge on any atom is 0.251 e. The number of guanidine groups is 1. The third kappa shape index (κ3) is 9.31. The van der Waals surface area contributed by atoms with E-state index in [0.717, 1.165) is 37.6 Å². The van der Waals surface area contributed by atoms with Crippen molar-refractivity contribution in [2.75, 3.05) is 19.6 Å². The Morgan fingerprint density at radius 2 is 1.62 bits per heavy atom. The molecule has 0 aliphatic heterocycles. The summed E-state index contributed by atoms with van der Waals surface area (Å²) in [6.07, 6.45) is 0.921. The van der Waals surface area contributed by atoms with Gasteiger partial charge in [-0.2, -0.15) is 0 Å². The lowest BCUT2D eigenvalue weighted by Gasteiger charge is -2.30. The minimum Gasteiger partial charge on any atom is -0.357 e. The molecule has 6 nitrogen and oxygen atoms in total. The number of benzene rings is 1. The molecule has 1 amide bonds. The van der Waals surface area contributed by atoms with Crippen LogP contribution in [0.5, 0.6) is 0 Å². The average molecular weight is 404 g/mol. The van der Waals surface area contributed by atoms with Crippen LogP contribution in [0, 0.1) is 0 Å². The van der Waals surface area contributed by atoms with Crippen molar-refractivity contribution in [3.8, 4) is 0 Å². The molecule has 1 rings (SSSR count). The Morgan fingerprint density at radius 1 is 1.00 bits per heavy atom. The van der Waals surface area contributed by atoms with Gasteiger partial charge in [-0.3, -0.25) is 9.69 Å². The zero-order valence-electron chi connectivity index (χ0n) is 19.4. The van der Waals surface area contributed by atoms with E-state index < -0.39 is 0 Å². The Morgan fingerprint density at radius 3 is 2.14 bits per heavy atom. The van der Waals surface area contributed by atoms with Gasteiger partial charge in [0.25, 0.3) is 5.91 Å². The molecule has 0 aliphatic carbocycles. The molecule has 6 heteroatoms. The van der Waals surface area contributed by atoms with Crippen LogP contribution in [-0.2, 0) is 6.54 Å². The topological polar surface area (TPSA) is 68.8 Å². The number of nitrogens with one attached hydrogen (secondary N) is 3. The summed E-state index contributed by atoms with van der Waals surface area (Å²) < 4.78 is 0. The van der Waals surface area contributed by atoms with E-state index in [1.165, 1.54) is 0 Å². The maximum absolute atomic E-state index is 12.2. The van der Waals surface area contributed by atoms with Crippen LogP contribution >= 0.6 is 0 Å². The van der Waals surface area contributed by atoms with Crippen LogP contribution in [0.15, 0.2) is 29.3 Å². The lowest BCUT2D eigenvalue weighted by atomic mass is 10.1. The molecule has 0 saturated heterocycles. The van der Waals surface area contributed by atoms with Crippen molar-refractivity contribution in [3.63, 3.8) is 0 Å². The van der Waals surface area contributed by atoms with E-state index in [4.69, 9.17) is 0 Å². The normalized spacial score (nSPS) is 13.1. The number of amides is 1.